The van der Waals surface area contributed by atoms with Crippen LogP contribution in [-0.2, 0) is 25.8 Å². The summed E-state index contributed by atoms with van der Waals surface area (Å²) in [6, 6.07) is 6.66. The lowest BCUT2D eigenvalue weighted by Crippen LogP contribution is -2.54. The van der Waals surface area contributed by atoms with Crippen LogP contribution in [0.2, 0.25) is 0 Å². The van der Waals surface area contributed by atoms with Crippen LogP contribution in [-0.4, -0.2) is 89.5 Å². The SMILES string of the molecule is C[C@]12/C=C\CCCOC(=O)[C@H]1[C@H]1C(=O)N(CCO)C3C(=O)N(Cn4nnc5ccccc54)CC=C[C@@]31S2. The Morgan fingerprint density at radius 3 is 2.81 bits per heavy atom. The van der Waals surface area contributed by atoms with Gasteiger partial charge in [-0.1, -0.05) is 41.7 Å². The number of allylic oxidation sites excluding steroid dienone is 1. The van der Waals surface area contributed by atoms with Gasteiger partial charge in [0.05, 0.1) is 35.3 Å². The van der Waals surface area contributed by atoms with Gasteiger partial charge in [0, 0.05) is 17.8 Å². The van der Waals surface area contributed by atoms with Gasteiger partial charge in [-0.3, -0.25) is 14.4 Å². The van der Waals surface area contributed by atoms with Gasteiger partial charge in [0.15, 0.2) is 0 Å². The number of β-amino-alcohol motifs (C(OH)–C–C–N with tert-alkyl or cyclic N) is 1. The number of likely N-dealkylation sites (tertiary alicyclic amines) is 1. The molecule has 10 nitrogen and oxygen atoms in total. The Morgan fingerprint density at radius 2 is 1.97 bits per heavy atom. The van der Waals surface area contributed by atoms with Gasteiger partial charge in [0.2, 0.25) is 11.8 Å². The Morgan fingerprint density at radius 1 is 1.14 bits per heavy atom. The molecule has 5 atom stereocenters. The summed E-state index contributed by atoms with van der Waals surface area (Å²) in [4.78, 5) is 44.7. The van der Waals surface area contributed by atoms with E-state index < -0.39 is 33.3 Å². The standard InChI is InChI=1S/C26H29N5O5S/c1-25-10-5-2-6-15-36-24(35)20(25)19-22(33)30(13-14-32)21-23(34)29(12-7-11-26(19,21)37-25)16-31-18-9-4-3-8-17(18)27-28-31/h3-5,7-11,19-21,32H,2,6,12-16H2,1H3/b10-5-/t19-,20+,21?,25-,26-/m0/s1. The monoisotopic (exact) mass is 523 g/mol. The lowest BCUT2D eigenvalue weighted by Gasteiger charge is -2.36. The highest BCUT2D eigenvalue weighted by Crippen LogP contribution is 2.65. The van der Waals surface area contributed by atoms with Crippen molar-refractivity contribution in [2.75, 3.05) is 26.3 Å². The molecule has 0 saturated carbocycles. The molecule has 1 aromatic carbocycles. The minimum Gasteiger partial charge on any atom is -0.465 e. The van der Waals surface area contributed by atoms with Crippen molar-refractivity contribution in [1.29, 1.82) is 0 Å². The average Bonchev–Trinajstić information content (AvgIpc) is 3.45. The molecule has 0 bridgehead atoms. The number of ether oxygens (including phenoxy) is 1. The minimum atomic E-state index is -0.968. The number of cyclic esters (lactones) is 1. The molecule has 5 heterocycles. The number of benzene rings is 1. The summed E-state index contributed by atoms with van der Waals surface area (Å²) in [5, 5.41) is 18.3. The smallest absolute Gasteiger partial charge is 0.311 e. The van der Waals surface area contributed by atoms with E-state index in [0.29, 0.717) is 13.2 Å². The van der Waals surface area contributed by atoms with E-state index in [0.717, 1.165) is 23.9 Å². The van der Waals surface area contributed by atoms with Crippen molar-refractivity contribution in [1.82, 2.24) is 24.8 Å². The number of nitrogens with zero attached hydrogens (tertiary/aromatic N) is 5. The number of hydrogen-bond acceptors (Lipinski definition) is 8. The fraction of sp³-hybridized carbons (Fsp3) is 0.500. The van der Waals surface area contributed by atoms with Crippen LogP contribution >= 0.6 is 11.8 Å². The van der Waals surface area contributed by atoms with Crippen LogP contribution in [0.1, 0.15) is 19.8 Å². The molecule has 11 heteroatoms. The van der Waals surface area contributed by atoms with E-state index in [1.165, 1.54) is 16.7 Å². The fourth-order valence-corrected chi connectivity index (χ4v) is 8.49. The first-order valence-electron chi connectivity index (χ1n) is 12.6. The minimum absolute atomic E-state index is 0.0102. The third-order valence-electron chi connectivity index (χ3n) is 7.90. The lowest BCUT2D eigenvalue weighted by atomic mass is 9.74. The highest BCUT2D eigenvalue weighted by molar-refractivity contribution is 8.02. The summed E-state index contributed by atoms with van der Waals surface area (Å²) in [5.74, 6) is -2.46. The summed E-state index contributed by atoms with van der Waals surface area (Å²) in [5.41, 5.74) is 1.53. The predicted octanol–water partition coefficient (Wildman–Crippen LogP) is 1.36. The van der Waals surface area contributed by atoms with Crippen LogP contribution in [0.5, 0.6) is 0 Å². The van der Waals surface area contributed by atoms with Gasteiger partial charge in [-0.05, 0) is 31.9 Å². The number of esters is 1. The first-order chi connectivity index (χ1) is 17.9. The van der Waals surface area contributed by atoms with Crippen molar-refractivity contribution in [3.63, 3.8) is 0 Å². The maximum Gasteiger partial charge on any atom is 0.311 e. The van der Waals surface area contributed by atoms with E-state index in [1.807, 2.05) is 49.4 Å². The van der Waals surface area contributed by atoms with Crippen molar-refractivity contribution >= 4 is 40.6 Å². The van der Waals surface area contributed by atoms with Crippen LogP contribution < -0.4 is 0 Å². The Balaban J connectivity index is 1.42. The first-order valence-corrected chi connectivity index (χ1v) is 13.4. The number of aromatic nitrogens is 3. The fourth-order valence-electron chi connectivity index (χ4n) is 6.34. The molecule has 0 radical (unpaired) electrons. The topological polar surface area (TPSA) is 118 Å². The lowest BCUT2D eigenvalue weighted by molar-refractivity contribution is -0.154. The summed E-state index contributed by atoms with van der Waals surface area (Å²) in [6.07, 6.45) is 9.43. The zero-order valence-electron chi connectivity index (χ0n) is 20.5. The number of thioether (sulfide) groups is 1. The molecule has 37 heavy (non-hydrogen) atoms. The van der Waals surface area contributed by atoms with Gasteiger partial charge in [0.1, 0.15) is 18.2 Å². The molecule has 0 aliphatic carbocycles. The molecule has 194 valence electrons. The number of aliphatic hydroxyl groups excluding tert-OH is 1. The summed E-state index contributed by atoms with van der Waals surface area (Å²) >= 11 is 1.50. The number of carbonyl (C=O) groups excluding carboxylic acids is 3. The number of para-hydroxylation sites is 1. The number of aliphatic hydroxyl groups is 1. The molecule has 2 saturated heterocycles. The molecule has 4 aliphatic heterocycles. The summed E-state index contributed by atoms with van der Waals surface area (Å²) in [7, 11) is 0. The van der Waals surface area contributed by atoms with Gasteiger partial charge in [0.25, 0.3) is 0 Å². The largest absolute Gasteiger partial charge is 0.465 e. The van der Waals surface area contributed by atoms with Gasteiger partial charge in [-0.15, -0.1) is 16.9 Å². The van der Waals surface area contributed by atoms with Gasteiger partial charge >= 0.3 is 5.97 Å². The van der Waals surface area contributed by atoms with Gasteiger partial charge in [-0.25, -0.2) is 4.68 Å². The van der Waals surface area contributed by atoms with Crippen LogP contribution in [0, 0.1) is 11.8 Å². The van der Waals surface area contributed by atoms with Crippen molar-refractivity contribution in [3.8, 4) is 0 Å². The molecule has 2 amide bonds. The third kappa shape index (κ3) is 3.62. The predicted molar refractivity (Wildman–Crippen MR) is 136 cm³/mol. The van der Waals surface area contributed by atoms with E-state index in [1.54, 1.807) is 9.58 Å². The molecule has 2 aromatic rings. The second-order valence-electron chi connectivity index (χ2n) is 10.1. The molecule has 1 spiro atoms. The van der Waals surface area contributed by atoms with E-state index in [2.05, 4.69) is 16.4 Å². The van der Waals surface area contributed by atoms with E-state index >= 15 is 0 Å². The molecule has 1 aromatic heterocycles. The molecular weight excluding hydrogens is 494 g/mol. The number of amides is 2. The maximum atomic E-state index is 14.2. The highest BCUT2D eigenvalue weighted by Gasteiger charge is 2.73. The third-order valence-corrected chi connectivity index (χ3v) is 9.70. The average molecular weight is 524 g/mol. The van der Waals surface area contributed by atoms with Crippen molar-refractivity contribution in [2.45, 2.75) is 42.0 Å². The quantitative estimate of drug-likeness (QED) is 0.472. The van der Waals surface area contributed by atoms with E-state index in [4.69, 9.17) is 4.74 Å². The van der Waals surface area contributed by atoms with Crippen LogP contribution in [0.15, 0.2) is 48.6 Å². The Kier molecular flexibility index (Phi) is 5.87. The van der Waals surface area contributed by atoms with Crippen molar-refractivity contribution in [3.05, 3.63) is 48.6 Å². The number of rotatable bonds is 4. The zero-order valence-corrected chi connectivity index (χ0v) is 21.3. The highest BCUT2D eigenvalue weighted by atomic mass is 32.2. The second kappa shape index (κ2) is 8.98. The molecule has 2 fully saturated rings. The molecule has 1 unspecified atom stereocenters. The zero-order chi connectivity index (χ0) is 25.8. The Labute approximate surface area is 218 Å². The van der Waals surface area contributed by atoms with E-state index in [9.17, 15) is 19.5 Å². The summed E-state index contributed by atoms with van der Waals surface area (Å²) in [6.45, 7) is 2.47. The molecule has 1 N–H and O–H groups in total. The number of carbonyl (C=O) groups is 3. The molecule has 6 rings (SSSR count). The van der Waals surface area contributed by atoms with Crippen LogP contribution in [0.3, 0.4) is 0 Å². The van der Waals surface area contributed by atoms with Crippen LogP contribution in [0.4, 0.5) is 0 Å². The Hall–Kier alpha value is -3.18. The van der Waals surface area contributed by atoms with Gasteiger partial charge < -0.3 is 19.6 Å². The number of fused-ring (bicyclic) bond motifs is 3. The first kappa shape index (κ1) is 24.2. The van der Waals surface area contributed by atoms with Crippen molar-refractivity contribution < 1.29 is 24.2 Å². The Bertz CT molecular complexity index is 1330. The molecular formula is C26H29N5O5S. The maximum absolute atomic E-state index is 14.2. The van der Waals surface area contributed by atoms with Crippen molar-refractivity contribution in [2.24, 2.45) is 11.8 Å². The van der Waals surface area contributed by atoms with E-state index in [-0.39, 0.29) is 31.6 Å². The van der Waals surface area contributed by atoms with Crippen LogP contribution in [0.25, 0.3) is 11.0 Å². The normalized spacial score (nSPS) is 34.3. The number of hydrogen-bond donors (Lipinski definition) is 1. The molecule has 4 aliphatic rings. The second-order valence-corrected chi connectivity index (χ2v) is 11.9. The summed E-state index contributed by atoms with van der Waals surface area (Å²) < 4.78 is 5.60. The van der Waals surface area contributed by atoms with Gasteiger partial charge in [-0.2, -0.15) is 0 Å².